The van der Waals surface area contributed by atoms with Gasteiger partial charge in [-0.2, -0.15) is 0 Å². The normalized spacial score (nSPS) is 16.9. The van der Waals surface area contributed by atoms with Gasteiger partial charge >= 0.3 is 0 Å². The monoisotopic (exact) mass is 267 g/mol. The van der Waals surface area contributed by atoms with Crippen LogP contribution in [0.2, 0.25) is 0 Å². The Labute approximate surface area is 110 Å². The number of sulfone groups is 1. The highest BCUT2D eigenvalue weighted by Gasteiger charge is 2.27. The van der Waals surface area contributed by atoms with E-state index in [2.05, 4.69) is 5.32 Å². The SMILES string of the molecule is Cc1cccc(NCCS(=O)(=O)C2CCCC2)c1. The largest absolute Gasteiger partial charge is 0.384 e. The van der Waals surface area contributed by atoms with Crippen molar-refractivity contribution in [3.63, 3.8) is 0 Å². The summed E-state index contributed by atoms with van der Waals surface area (Å²) in [7, 11) is -2.90. The van der Waals surface area contributed by atoms with Crippen molar-refractivity contribution in [2.75, 3.05) is 17.6 Å². The van der Waals surface area contributed by atoms with E-state index in [4.69, 9.17) is 0 Å². The molecule has 1 aliphatic carbocycles. The summed E-state index contributed by atoms with van der Waals surface area (Å²) in [5.74, 6) is 0.242. The quantitative estimate of drug-likeness (QED) is 0.892. The second kappa shape index (κ2) is 5.74. The third-order valence-corrected chi connectivity index (χ3v) is 5.80. The van der Waals surface area contributed by atoms with Crippen LogP contribution in [0.1, 0.15) is 31.2 Å². The van der Waals surface area contributed by atoms with Crippen LogP contribution in [0.15, 0.2) is 24.3 Å². The first kappa shape index (κ1) is 13.4. The van der Waals surface area contributed by atoms with Crippen molar-refractivity contribution in [2.45, 2.75) is 37.9 Å². The molecule has 0 aromatic heterocycles. The summed E-state index contributed by atoms with van der Waals surface area (Å²) in [6.07, 6.45) is 3.84. The Morgan fingerprint density at radius 1 is 1.28 bits per heavy atom. The number of hydrogen-bond donors (Lipinski definition) is 1. The summed E-state index contributed by atoms with van der Waals surface area (Å²) in [5.41, 5.74) is 2.18. The Morgan fingerprint density at radius 3 is 2.67 bits per heavy atom. The van der Waals surface area contributed by atoms with Crippen LogP contribution in [0, 0.1) is 6.92 Å². The molecule has 1 aliphatic rings. The third-order valence-electron chi connectivity index (χ3n) is 3.54. The van der Waals surface area contributed by atoms with Crippen molar-refractivity contribution in [1.82, 2.24) is 0 Å². The highest BCUT2D eigenvalue weighted by atomic mass is 32.2. The highest BCUT2D eigenvalue weighted by Crippen LogP contribution is 2.25. The zero-order chi connectivity index (χ0) is 13.0. The van der Waals surface area contributed by atoms with Crippen LogP contribution >= 0.6 is 0 Å². The minimum Gasteiger partial charge on any atom is -0.384 e. The molecule has 0 saturated heterocycles. The maximum atomic E-state index is 12.0. The van der Waals surface area contributed by atoms with E-state index < -0.39 is 9.84 Å². The number of benzene rings is 1. The average molecular weight is 267 g/mol. The zero-order valence-electron chi connectivity index (χ0n) is 10.9. The summed E-state index contributed by atoms with van der Waals surface area (Å²) in [6.45, 7) is 2.53. The molecule has 3 nitrogen and oxygen atoms in total. The minimum atomic E-state index is -2.90. The fourth-order valence-corrected chi connectivity index (χ4v) is 4.28. The van der Waals surface area contributed by atoms with Crippen LogP contribution in [-0.4, -0.2) is 26.0 Å². The standard InChI is InChI=1S/C14H21NO2S/c1-12-5-4-6-13(11-12)15-9-10-18(16,17)14-7-2-3-8-14/h4-6,11,14-15H,2-3,7-10H2,1H3. The molecule has 0 bridgehead atoms. The molecule has 0 heterocycles. The summed E-state index contributed by atoms with van der Waals surface area (Å²) in [5, 5.41) is 3.10. The van der Waals surface area contributed by atoms with Crippen molar-refractivity contribution in [2.24, 2.45) is 0 Å². The van der Waals surface area contributed by atoms with Gasteiger partial charge in [0, 0.05) is 12.2 Å². The molecule has 0 unspecified atom stereocenters. The number of nitrogens with one attached hydrogen (secondary N) is 1. The van der Waals surface area contributed by atoms with Crippen molar-refractivity contribution in [3.05, 3.63) is 29.8 Å². The van der Waals surface area contributed by atoms with Gasteiger partial charge in [-0.25, -0.2) is 8.42 Å². The van der Waals surface area contributed by atoms with Gasteiger partial charge in [0.1, 0.15) is 0 Å². The van der Waals surface area contributed by atoms with E-state index in [1.165, 1.54) is 5.56 Å². The third kappa shape index (κ3) is 3.48. The molecule has 2 rings (SSSR count). The van der Waals surface area contributed by atoms with E-state index >= 15 is 0 Å². The molecular weight excluding hydrogens is 246 g/mol. The van der Waals surface area contributed by atoms with Crippen molar-refractivity contribution in [1.29, 1.82) is 0 Å². The maximum Gasteiger partial charge on any atom is 0.154 e. The Morgan fingerprint density at radius 2 is 2.00 bits per heavy atom. The fraction of sp³-hybridized carbons (Fsp3) is 0.571. The molecular formula is C14H21NO2S. The molecule has 0 spiro atoms. The Kier molecular flexibility index (Phi) is 4.27. The molecule has 1 N–H and O–H groups in total. The fourth-order valence-electron chi connectivity index (χ4n) is 2.51. The highest BCUT2D eigenvalue weighted by molar-refractivity contribution is 7.92. The van der Waals surface area contributed by atoms with Gasteiger partial charge < -0.3 is 5.32 Å². The van der Waals surface area contributed by atoms with Gasteiger partial charge in [0.05, 0.1) is 11.0 Å². The summed E-state index contributed by atoms with van der Waals surface area (Å²) in [6, 6.07) is 8.00. The number of anilines is 1. The van der Waals surface area contributed by atoms with Gasteiger partial charge in [-0.1, -0.05) is 25.0 Å². The predicted molar refractivity (Wildman–Crippen MR) is 75.7 cm³/mol. The first-order valence-corrected chi connectivity index (χ1v) is 8.31. The molecule has 1 fully saturated rings. The number of hydrogen-bond acceptors (Lipinski definition) is 3. The summed E-state index contributed by atoms with van der Waals surface area (Å²) in [4.78, 5) is 0. The van der Waals surface area contributed by atoms with Crippen LogP contribution < -0.4 is 5.32 Å². The van der Waals surface area contributed by atoms with Crippen LogP contribution in [-0.2, 0) is 9.84 Å². The molecule has 0 atom stereocenters. The molecule has 0 aliphatic heterocycles. The minimum absolute atomic E-state index is 0.0863. The first-order valence-electron chi connectivity index (χ1n) is 6.60. The van der Waals surface area contributed by atoms with Crippen LogP contribution in [0.3, 0.4) is 0 Å². The molecule has 18 heavy (non-hydrogen) atoms. The number of aryl methyl sites for hydroxylation is 1. The van der Waals surface area contributed by atoms with Crippen LogP contribution in [0.25, 0.3) is 0 Å². The van der Waals surface area contributed by atoms with Gasteiger partial charge in [0.15, 0.2) is 9.84 Å². The maximum absolute atomic E-state index is 12.0. The van der Waals surface area contributed by atoms with Gasteiger partial charge in [-0.15, -0.1) is 0 Å². The topological polar surface area (TPSA) is 46.2 Å². The Hall–Kier alpha value is -1.03. The van der Waals surface area contributed by atoms with Crippen molar-refractivity contribution in [3.8, 4) is 0 Å². The van der Waals surface area contributed by atoms with E-state index in [9.17, 15) is 8.42 Å². The molecule has 0 radical (unpaired) electrons. The molecule has 4 heteroatoms. The molecule has 1 saturated carbocycles. The van der Waals surface area contributed by atoms with Crippen LogP contribution in [0.5, 0.6) is 0 Å². The van der Waals surface area contributed by atoms with Gasteiger partial charge in [0.25, 0.3) is 0 Å². The van der Waals surface area contributed by atoms with Gasteiger partial charge in [0.2, 0.25) is 0 Å². The lowest BCUT2D eigenvalue weighted by molar-refractivity contribution is 0.580. The molecule has 1 aromatic rings. The van der Waals surface area contributed by atoms with Gasteiger partial charge in [-0.05, 0) is 37.5 Å². The Balaban J connectivity index is 1.84. The van der Waals surface area contributed by atoms with E-state index in [0.717, 1.165) is 31.4 Å². The number of rotatable bonds is 5. The van der Waals surface area contributed by atoms with E-state index in [0.29, 0.717) is 6.54 Å². The van der Waals surface area contributed by atoms with Crippen LogP contribution in [0.4, 0.5) is 5.69 Å². The molecule has 0 amide bonds. The second-order valence-electron chi connectivity index (χ2n) is 5.07. The van der Waals surface area contributed by atoms with E-state index in [-0.39, 0.29) is 11.0 Å². The van der Waals surface area contributed by atoms with E-state index in [1.807, 2.05) is 31.2 Å². The van der Waals surface area contributed by atoms with E-state index in [1.54, 1.807) is 0 Å². The summed E-state index contributed by atoms with van der Waals surface area (Å²) < 4.78 is 24.1. The molecule has 100 valence electrons. The lowest BCUT2D eigenvalue weighted by Gasteiger charge is -2.12. The average Bonchev–Trinajstić information content (AvgIpc) is 2.83. The Bertz CT molecular complexity index is 490. The van der Waals surface area contributed by atoms with Crippen molar-refractivity contribution >= 4 is 15.5 Å². The summed E-state index contributed by atoms with van der Waals surface area (Å²) >= 11 is 0. The zero-order valence-corrected chi connectivity index (χ0v) is 11.7. The smallest absolute Gasteiger partial charge is 0.154 e. The lowest BCUT2D eigenvalue weighted by atomic mass is 10.2. The lowest BCUT2D eigenvalue weighted by Crippen LogP contribution is -2.25. The first-order chi connectivity index (χ1) is 8.58. The second-order valence-corrected chi connectivity index (χ2v) is 7.47. The van der Waals surface area contributed by atoms with Crippen molar-refractivity contribution < 1.29 is 8.42 Å². The van der Waals surface area contributed by atoms with Gasteiger partial charge in [-0.3, -0.25) is 0 Å². The molecule has 1 aromatic carbocycles. The predicted octanol–water partition coefficient (Wildman–Crippen LogP) is 2.76.